The second kappa shape index (κ2) is 5.49. The van der Waals surface area contributed by atoms with Gasteiger partial charge in [0.15, 0.2) is 0 Å². The number of nitrogens with zero attached hydrogens (tertiary/aromatic N) is 1. The van der Waals surface area contributed by atoms with Crippen LogP contribution in [0.3, 0.4) is 0 Å². The maximum atomic E-state index is 13.6. The van der Waals surface area contributed by atoms with Gasteiger partial charge >= 0.3 is 10.1 Å². The Bertz CT molecular complexity index is 782. The average Bonchev–Trinajstić information content (AvgIpc) is 2.38. The minimum Gasteiger partial charge on any atom is -0.379 e. The van der Waals surface area contributed by atoms with Crippen molar-refractivity contribution in [1.82, 2.24) is 0 Å². The minimum absolute atomic E-state index is 0.0154. The molecule has 2 aromatic rings. The van der Waals surface area contributed by atoms with Gasteiger partial charge in [-0.15, -0.1) is 0 Å². The number of hydrogen-bond donors (Lipinski definition) is 0. The lowest BCUT2D eigenvalue weighted by Gasteiger charge is -2.07. The maximum Gasteiger partial charge on any atom is 0.342 e. The molecule has 0 unspecified atom stereocenters. The number of benzene rings is 2. The highest BCUT2D eigenvalue weighted by molar-refractivity contribution is 7.87. The van der Waals surface area contributed by atoms with Crippen LogP contribution in [0.1, 0.15) is 5.56 Å². The van der Waals surface area contributed by atoms with Crippen LogP contribution in [0, 0.1) is 17.1 Å². The first kappa shape index (κ1) is 14.3. The van der Waals surface area contributed by atoms with Gasteiger partial charge in [0.05, 0.1) is 11.6 Å². The van der Waals surface area contributed by atoms with Crippen LogP contribution in [0.25, 0.3) is 0 Å². The Labute approximate surface area is 120 Å². The second-order valence-corrected chi connectivity index (χ2v) is 5.70. The first-order chi connectivity index (χ1) is 9.42. The fourth-order valence-electron chi connectivity index (χ4n) is 1.43. The first-order valence-corrected chi connectivity index (χ1v) is 7.11. The molecule has 0 fully saturated rings. The van der Waals surface area contributed by atoms with Gasteiger partial charge in [0.2, 0.25) is 0 Å². The van der Waals surface area contributed by atoms with E-state index in [9.17, 15) is 12.8 Å². The molecule has 0 aliphatic rings. The largest absolute Gasteiger partial charge is 0.379 e. The minimum atomic E-state index is -4.30. The van der Waals surface area contributed by atoms with Crippen molar-refractivity contribution in [3.8, 4) is 11.8 Å². The van der Waals surface area contributed by atoms with E-state index < -0.39 is 20.8 Å². The molecule has 0 saturated carbocycles. The summed E-state index contributed by atoms with van der Waals surface area (Å²) in [6.07, 6.45) is 0. The van der Waals surface area contributed by atoms with Crippen molar-refractivity contribution in [2.75, 3.05) is 0 Å². The summed E-state index contributed by atoms with van der Waals surface area (Å²) in [5, 5.41) is 8.71. The molecule has 0 aliphatic heterocycles. The average molecular weight is 312 g/mol. The zero-order valence-corrected chi connectivity index (χ0v) is 11.5. The van der Waals surface area contributed by atoms with E-state index >= 15 is 0 Å². The molecule has 20 heavy (non-hydrogen) atoms. The van der Waals surface area contributed by atoms with Crippen LogP contribution in [0.5, 0.6) is 5.75 Å². The van der Waals surface area contributed by atoms with Crippen LogP contribution in [0.4, 0.5) is 4.39 Å². The molecule has 0 aromatic heterocycles. The Hall–Kier alpha value is -2.10. The van der Waals surface area contributed by atoms with Crippen molar-refractivity contribution in [2.24, 2.45) is 0 Å². The topological polar surface area (TPSA) is 67.2 Å². The molecule has 0 N–H and O–H groups in total. The molecule has 0 amide bonds. The molecule has 0 radical (unpaired) electrons. The summed E-state index contributed by atoms with van der Waals surface area (Å²) >= 11 is 5.55. The van der Waals surface area contributed by atoms with Gasteiger partial charge in [-0.25, -0.2) is 4.39 Å². The predicted molar refractivity (Wildman–Crippen MR) is 70.4 cm³/mol. The lowest BCUT2D eigenvalue weighted by Crippen LogP contribution is -2.11. The molecule has 7 heteroatoms. The van der Waals surface area contributed by atoms with Gasteiger partial charge in [0.25, 0.3) is 0 Å². The van der Waals surface area contributed by atoms with E-state index in [1.165, 1.54) is 30.3 Å². The highest BCUT2D eigenvalue weighted by atomic mass is 35.5. The summed E-state index contributed by atoms with van der Waals surface area (Å²) in [4.78, 5) is -0.605. The normalized spacial score (nSPS) is 10.8. The molecule has 2 rings (SSSR count). The monoisotopic (exact) mass is 311 g/mol. The summed E-state index contributed by atoms with van der Waals surface area (Å²) in [5.74, 6) is -1.01. The number of hydrogen-bond acceptors (Lipinski definition) is 4. The zero-order chi connectivity index (χ0) is 14.8. The number of halogens is 2. The lowest BCUT2D eigenvalue weighted by atomic mass is 10.2. The summed E-state index contributed by atoms with van der Waals surface area (Å²) in [6.45, 7) is 0. The molecule has 0 atom stereocenters. The van der Waals surface area contributed by atoms with Crippen LogP contribution >= 0.6 is 11.6 Å². The van der Waals surface area contributed by atoms with Gasteiger partial charge in [-0.3, -0.25) is 0 Å². The van der Waals surface area contributed by atoms with Gasteiger partial charge in [-0.05, 0) is 42.5 Å². The van der Waals surface area contributed by atoms with Crippen molar-refractivity contribution >= 4 is 21.7 Å². The highest BCUT2D eigenvalue weighted by Crippen LogP contribution is 2.23. The van der Waals surface area contributed by atoms with E-state index in [1.54, 1.807) is 0 Å². The summed E-state index contributed by atoms with van der Waals surface area (Å²) < 4.78 is 42.2. The number of nitriles is 1. The van der Waals surface area contributed by atoms with E-state index in [4.69, 9.17) is 21.0 Å². The smallest absolute Gasteiger partial charge is 0.342 e. The van der Waals surface area contributed by atoms with Crippen molar-refractivity contribution in [2.45, 2.75) is 4.90 Å². The molecule has 0 bridgehead atoms. The van der Waals surface area contributed by atoms with Crippen molar-refractivity contribution < 1.29 is 17.0 Å². The third kappa shape index (κ3) is 3.07. The molecular weight excluding hydrogens is 305 g/mol. The Kier molecular flexibility index (Phi) is 3.93. The van der Waals surface area contributed by atoms with E-state index in [0.29, 0.717) is 5.56 Å². The quantitative estimate of drug-likeness (QED) is 0.817. The lowest BCUT2D eigenvalue weighted by molar-refractivity contribution is 0.476. The predicted octanol–water partition coefficient (Wildman–Crippen LogP) is 3.12. The fourth-order valence-corrected chi connectivity index (χ4v) is 2.58. The molecule has 4 nitrogen and oxygen atoms in total. The number of rotatable bonds is 3. The van der Waals surface area contributed by atoms with E-state index in [0.717, 1.165) is 12.1 Å². The van der Waals surface area contributed by atoms with Gasteiger partial charge in [-0.1, -0.05) is 11.6 Å². The molecule has 0 saturated heterocycles. The van der Waals surface area contributed by atoms with Crippen LogP contribution in [0.15, 0.2) is 47.4 Å². The molecule has 2 aromatic carbocycles. The van der Waals surface area contributed by atoms with E-state index in [-0.39, 0.29) is 10.8 Å². The molecular formula is C13H7ClFNO3S. The van der Waals surface area contributed by atoms with Crippen molar-refractivity contribution in [3.05, 3.63) is 58.9 Å². The Morgan fingerprint density at radius 1 is 1.15 bits per heavy atom. The second-order valence-electron chi connectivity index (χ2n) is 3.75. The highest BCUT2D eigenvalue weighted by Gasteiger charge is 2.21. The molecule has 102 valence electrons. The third-order valence-corrected chi connectivity index (χ3v) is 3.87. The first-order valence-electron chi connectivity index (χ1n) is 5.32. The maximum absolute atomic E-state index is 13.6. The van der Waals surface area contributed by atoms with Crippen LogP contribution in [-0.4, -0.2) is 8.42 Å². The Morgan fingerprint density at radius 2 is 1.80 bits per heavy atom. The van der Waals surface area contributed by atoms with Gasteiger partial charge in [-0.2, -0.15) is 13.7 Å². The van der Waals surface area contributed by atoms with Crippen molar-refractivity contribution in [1.29, 1.82) is 5.26 Å². The molecule has 0 heterocycles. The SMILES string of the molecule is N#Cc1ccc(OS(=O)(=O)c2ccc(Cl)cc2F)cc1. The van der Waals surface area contributed by atoms with Gasteiger partial charge < -0.3 is 4.18 Å². The summed E-state index contributed by atoms with van der Waals surface area (Å²) in [5.41, 5.74) is 0.354. The van der Waals surface area contributed by atoms with E-state index in [2.05, 4.69) is 0 Å². The summed E-state index contributed by atoms with van der Waals surface area (Å²) in [7, 11) is -4.30. The van der Waals surface area contributed by atoms with Crippen LogP contribution < -0.4 is 4.18 Å². The zero-order valence-electron chi connectivity index (χ0n) is 9.88. The van der Waals surface area contributed by atoms with Gasteiger partial charge in [0, 0.05) is 5.02 Å². The Balaban J connectivity index is 2.33. The molecule has 0 spiro atoms. The van der Waals surface area contributed by atoms with E-state index in [1.807, 2.05) is 6.07 Å². The summed E-state index contributed by atoms with van der Waals surface area (Å²) in [6, 6.07) is 10.4. The van der Waals surface area contributed by atoms with Gasteiger partial charge in [0.1, 0.15) is 16.5 Å². The molecule has 0 aliphatic carbocycles. The Morgan fingerprint density at radius 3 is 2.35 bits per heavy atom. The standard InChI is InChI=1S/C13H7ClFNO3S/c14-10-3-6-13(12(15)7-10)20(17,18)19-11-4-1-9(8-16)2-5-11/h1-7H. The fraction of sp³-hybridized carbons (Fsp3) is 0. The van der Waals surface area contributed by atoms with Crippen molar-refractivity contribution in [3.63, 3.8) is 0 Å². The van der Waals surface area contributed by atoms with Crippen LogP contribution in [0.2, 0.25) is 5.02 Å². The van der Waals surface area contributed by atoms with Crippen LogP contribution in [-0.2, 0) is 10.1 Å². The third-order valence-electron chi connectivity index (χ3n) is 2.35.